The number of carbonyl (C=O) groups excluding carboxylic acids is 1. The number of carbonyl (C=O) groups is 1. The van der Waals surface area contributed by atoms with E-state index in [9.17, 15) is 9.90 Å². The quantitative estimate of drug-likeness (QED) is 0.810. The number of hydrogen-bond donors (Lipinski definition) is 1. The van der Waals surface area contributed by atoms with Gasteiger partial charge in [0.25, 0.3) is 0 Å². The van der Waals surface area contributed by atoms with E-state index in [1.807, 2.05) is 23.1 Å². The monoisotopic (exact) mass is 336 g/mol. The maximum atomic E-state index is 12.4. The molecule has 1 aromatic carbocycles. The van der Waals surface area contributed by atoms with Crippen molar-refractivity contribution in [3.8, 4) is 11.5 Å². The first-order valence-corrected chi connectivity index (χ1v) is 8.42. The second kappa shape index (κ2) is 8.89. The molecule has 0 spiro atoms. The van der Waals surface area contributed by atoms with Crippen LogP contribution in [-0.2, 0) is 11.2 Å². The van der Waals surface area contributed by atoms with Crippen molar-refractivity contribution < 1.29 is 19.4 Å². The molecule has 1 saturated heterocycles. The molecule has 24 heavy (non-hydrogen) atoms. The lowest BCUT2D eigenvalue weighted by Gasteiger charge is -2.35. The molecule has 2 rings (SSSR count). The predicted molar refractivity (Wildman–Crippen MR) is 92.6 cm³/mol. The van der Waals surface area contributed by atoms with E-state index in [4.69, 9.17) is 9.47 Å². The maximum absolute atomic E-state index is 12.4. The number of piperazine rings is 1. The van der Waals surface area contributed by atoms with E-state index in [1.165, 1.54) is 0 Å². The van der Waals surface area contributed by atoms with Crippen molar-refractivity contribution in [1.29, 1.82) is 0 Å². The van der Waals surface area contributed by atoms with Crippen molar-refractivity contribution in [3.63, 3.8) is 0 Å². The van der Waals surface area contributed by atoms with Gasteiger partial charge in [-0.3, -0.25) is 9.69 Å². The molecule has 6 heteroatoms. The average molecular weight is 336 g/mol. The number of aryl methyl sites for hydroxylation is 1. The highest BCUT2D eigenvalue weighted by molar-refractivity contribution is 5.76. The molecule has 134 valence electrons. The van der Waals surface area contributed by atoms with E-state index in [2.05, 4.69) is 4.90 Å². The molecular formula is C18H28N2O4. The number of rotatable bonds is 7. The minimum atomic E-state index is -0.326. The lowest BCUT2D eigenvalue weighted by atomic mass is 10.1. The first kappa shape index (κ1) is 18.5. The van der Waals surface area contributed by atoms with Crippen LogP contribution in [0.1, 0.15) is 18.9 Å². The van der Waals surface area contributed by atoms with Crippen molar-refractivity contribution in [3.05, 3.63) is 23.8 Å². The van der Waals surface area contributed by atoms with Gasteiger partial charge in [-0.15, -0.1) is 0 Å². The summed E-state index contributed by atoms with van der Waals surface area (Å²) in [6.45, 7) is 5.54. The Bertz CT molecular complexity index is 540. The standard InChI is InChI=1S/C18H28N2O4/c1-14(21)13-19-8-10-20(11-9-19)18(22)7-4-15-12-16(23-2)5-6-17(15)24-3/h5-6,12,14,21H,4,7-11,13H2,1-3H3/t14-/m1/s1. The number of β-amino-alcohol motifs (C(OH)–C–C–N with tert-alkyl or cyclic N) is 1. The van der Waals surface area contributed by atoms with Gasteiger partial charge in [-0.2, -0.15) is 0 Å². The highest BCUT2D eigenvalue weighted by atomic mass is 16.5. The summed E-state index contributed by atoms with van der Waals surface area (Å²) in [5.41, 5.74) is 0.984. The van der Waals surface area contributed by atoms with Crippen molar-refractivity contribution >= 4 is 5.91 Å². The highest BCUT2D eigenvalue weighted by Gasteiger charge is 2.21. The van der Waals surface area contributed by atoms with Crippen molar-refractivity contribution in [1.82, 2.24) is 9.80 Å². The molecule has 0 unspecified atom stereocenters. The molecule has 0 radical (unpaired) electrons. The van der Waals surface area contributed by atoms with Gasteiger partial charge in [0.15, 0.2) is 0 Å². The van der Waals surface area contributed by atoms with Crippen LogP contribution in [0.15, 0.2) is 18.2 Å². The molecule has 1 heterocycles. The van der Waals surface area contributed by atoms with E-state index in [0.717, 1.165) is 43.2 Å². The lowest BCUT2D eigenvalue weighted by Crippen LogP contribution is -2.50. The van der Waals surface area contributed by atoms with Crippen LogP contribution in [0.5, 0.6) is 11.5 Å². The van der Waals surface area contributed by atoms with Crippen LogP contribution in [0.3, 0.4) is 0 Å². The van der Waals surface area contributed by atoms with Crippen LogP contribution >= 0.6 is 0 Å². The van der Waals surface area contributed by atoms with E-state index < -0.39 is 0 Å². The van der Waals surface area contributed by atoms with Crippen LogP contribution in [0.4, 0.5) is 0 Å². The van der Waals surface area contributed by atoms with Crippen molar-refractivity contribution in [2.75, 3.05) is 46.9 Å². The molecule has 1 aliphatic rings. The smallest absolute Gasteiger partial charge is 0.222 e. The van der Waals surface area contributed by atoms with Crippen LogP contribution in [0, 0.1) is 0 Å². The molecule has 1 atom stereocenters. The molecule has 6 nitrogen and oxygen atoms in total. The van der Waals surface area contributed by atoms with Crippen LogP contribution in [0.2, 0.25) is 0 Å². The molecule has 1 aliphatic heterocycles. The summed E-state index contributed by atoms with van der Waals surface area (Å²) in [6, 6.07) is 5.64. The molecule has 0 saturated carbocycles. The first-order valence-electron chi connectivity index (χ1n) is 8.42. The van der Waals surface area contributed by atoms with E-state index in [0.29, 0.717) is 19.4 Å². The van der Waals surface area contributed by atoms with Crippen molar-refractivity contribution in [2.45, 2.75) is 25.9 Å². The summed E-state index contributed by atoms with van der Waals surface area (Å²) in [5.74, 6) is 1.71. The Morgan fingerprint density at radius 1 is 1.21 bits per heavy atom. The normalized spacial score (nSPS) is 16.8. The summed E-state index contributed by atoms with van der Waals surface area (Å²) >= 11 is 0. The number of methoxy groups -OCH3 is 2. The number of nitrogens with zero attached hydrogens (tertiary/aromatic N) is 2. The van der Waals surface area contributed by atoms with Crippen molar-refractivity contribution in [2.24, 2.45) is 0 Å². The van der Waals surface area contributed by atoms with Gasteiger partial charge >= 0.3 is 0 Å². The molecule has 0 aliphatic carbocycles. The van der Waals surface area contributed by atoms with Crippen LogP contribution in [0.25, 0.3) is 0 Å². The zero-order valence-electron chi connectivity index (χ0n) is 14.8. The summed E-state index contributed by atoms with van der Waals surface area (Å²) in [6.07, 6.45) is 0.764. The minimum absolute atomic E-state index is 0.163. The van der Waals surface area contributed by atoms with Gasteiger partial charge in [0.1, 0.15) is 11.5 Å². The van der Waals surface area contributed by atoms with Gasteiger partial charge in [0, 0.05) is 39.1 Å². The van der Waals surface area contributed by atoms with Gasteiger partial charge in [-0.05, 0) is 37.1 Å². The Morgan fingerprint density at radius 2 is 1.92 bits per heavy atom. The Balaban J connectivity index is 1.85. The number of aliphatic hydroxyl groups excluding tert-OH is 1. The molecule has 0 aromatic heterocycles. The van der Waals surface area contributed by atoms with Gasteiger partial charge in [-0.25, -0.2) is 0 Å². The Labute approximate surface area is 144 Å². The number of benzene rings is 1. The zero-order chi connectivity index (χ0) is 17.5. The zero-order valence-corrected chi connectivity index (χ0v) is 14.8. The lowest BCUT2D eigenvalue weighted by molar-refractivity contribution is -0.133. The fourth-order valence-electron chi connectivity index (χ4n) is 3.03. The highest BCUT2D eigenvalue weighted by Crippen LogP contribution is 2.25. The average Bonchev–Trinajstić information content (AvgIpc) is 2.59. The molecule has 1 aromatic rings. The van der Waals surface area contributed by atoms with Crippen LogP contribution in [-0.4, -0.2) is 73.9 Å². The van der Waals surface area contributed by atoms with Gasteiger partial charge in [-0.1, -0.05) is 0 Å². The van der Waals surface area contributed by atoms with Crippen LogP contribution < -0.4 is 9.47 Å². The van der Waals surface area contributed by atoms with E-state index in [-0.39, 0.29) is 12.0 Å². The summed E-state index contributed by atoms with van der Waals surface area (Å²) in [7, 11) is 3.26. The third-order valence-electron chi connectivity index (χ3n) is 4.34. The molecule has 1 N–H and O–H groups in total. The molecule has 1 fully saturated rings. The molecular weight excluding hydrogens is 308 g/mol. The summed E-state index contributed by atoms with van der Waals surface area (Å²) in [4.78, 5) is 16.5. The van der Waals surface area contributed by atoms with Gasteiger partial charge in [0.2, 0.25) is 5.91 Å². The van der Waals surface area contributed by atoms with Gasteiger partial charge < -0.3 is 19.5 Å². The van der Waals surface area contributed by atoms with E-state index in [1.54, 1.807) is 21.1 Å². The third-order valence-corrected chi connectivity index (χ3v) is 4.34. The largest absolute Gasteiger partial charge is 0.497 e. The first-order chi connectivity index (χ1) is 11.5. The predicted octanol–water partition coefficient (Wildman–Crippen LogP) is 1.16. The van der Waals surface area contributed by atoms with Gasteiger partial charge in [0.05, 0.1) is 20.3 Å². The number of hydrogen-bond acceptors (Lipinski definition) is 5. The summed E-state index contributed by atoms with van der Waals surface area (Å²) < 4.78 is 10.6. The third kappa shape index (κ3) is 5.11. The maximum Gasteiger partial charge on any atom is 0.222 e. The fourth-order valence-corrected chi connectivity index (χ4v) is 3.03. The Hall–Kier alpha value is -1.79. The fraction of sp³-hybridized carbons (Fsp3) is 0.611. The second-order valence-corrected chi connectivity index (χ2v) is 6.21. The van der Waals surface area contributed by atoms with E-state index >= 15 is 0 Å². The molecule has 1 amide bonds. The minimum Gasteiger partial charge on any atom is -0.497 e. The number of aliphatic hydroxyl groups is 1. The Morgan fingerprint density at radius 3 is 2.50 bits per heavy atom. The summed E-state index contributed by atoms with van der Waals surface area (Å²) in [5, 5.41) is 9.44. The number of amides is 1. The topological polar surface area (TPSA) is 62.2 Å². The second-order valence-electron chi connectivity index (χ2n) is 6.21. The number of ether oxygens (including phenoxy) is 2. The Kier molecular flexibility index (Phi) is 6.87. The SMILES string of the molecule is COc1ccc(OC)c(CCC(=O)N2CCN(C[C@@H](C)O)CC2)c1. The molecule has 0 bridgehead atoms.